The molecule has 0 fully saturated rings. The van der Waals surface area contributed by atoms with Gasteiger partial charge in [-0.05, 0) is 12.8 Å². The minimum absolute atomic E-state index is 0.460. The molecule has 0 bridgehead atoms. The number of nitrogens with zero attached hydrogens (tertiary/aromatic N) is 8. The van der Waals surface area contributed by atoms with Crippen molar-refractivity contribution in [2.75, 3.05) is 197 Å². The van der Waals surface area contributed by atoms with E-state index in [0.717, 1.165) is 11.0 Å². The van der Waals surface area contributed by atoms with Crippen molar-refractivity contribution in [2.24, 2.45) is 0 Å². The summed E-state index contributed by atoms with van der Waals surface area (Å²) in [5, 5.41) is 56.5. The third-order valence-corrected chi connectivity index (χ3v) is 11.7. The van der Waals surface area contributed by atoms with E-state index in [-0.39, 0.29) is 0 Å². The normalized spacial score (nSPS) is 16.1. The molecule has 5 atom stereocenters. The van der Waals surface area contributed by atoms with Crippen LogP contribution in [0, 0.1) is 0 Å². The van der Waals surface area contributed by atoms with E-state index >= 15 is 0 Å². The van der Waals surface area contributed by atoms with Crippen LogP contribution in [0.3, 0.4) is 0 Å². The highest BCUT2D eigenvalue weighted by Crippen LogP contribution is 2.15. The molecular formula is C49H113N8O5+5. The molecule has 374 valence electrons. The number of hydrogen-bond donors (Lipinski definition) is 5. The van der Waals surface area contributed by atoms with Crippen LogP contribution in [-0.2, 0) is 0 Å². The third-order valence-electron chi connectivity index (χ3n) is 11.7. The lowest BCUT2D eigenvalue weighted by molar-refractivity contribution is -0.893. The molecule has 0 amide bonds. The van der Waals surface area contributed by atoms with Crippen LogP contribution in [-0.4, -0.2) is 290 Å². The molecule has 62 heavy (non-hydrogen) atoms. The Kier molecular flexibility index (Phi) is 31.2. The van der Waals surface area contributed by atoms with Crippen LogP contribution in [0.2, 0.25) is 0 Å². The van der Waals surface area contributed by atoms with Gasteiger partial charge in [0.15, 0.2) is 0 Å². The zero-order valence-electron chi connectivity index (χ0n) is 44.2. The first-order valence-corrected chi connectivity index (χ1v) is 25.1. The lowest BCUT2D eigenvalue weighted by atomic mass is 10.0. The van der Waals surface area contributed by atoms with Crippen molar-refractivity contribution >= 4 is 0 Å². The van der Waals surface area contributed by atoms with E-state index in [2.05, 4.69) is 120 Å². The lowest BCUT2D eigenvalue weighted by Crippen LogP contribution is -2.53. The smallest absolute Gasteiger partial charge is 0.115 e. The van der Waals surface area contributed by atoms with Crippen LogP contribution in [0.1, 0.15) is 96.8 Å². The van der Waals surface area contributed by atoms with Gasteiger partial charge >= 0.3 is 0 Å². The first-order valence-electron chi connectivity index (χ1n) is 25.1. The predicted octanol–water partition coefficient (Wildman–Crippen LogP) is 3.08. The number of hydrogen-bond acceptors (Lipinski definition) is 8. The van der Waals surface area contributed by atoms with Gasteiger partial charge in [-0.25, -0.2) is 0 Å². The second kappa shape index (κ2) is 31.5. The van der Waals surface area contributed by atoms with E-state index in [1.165, 1.54) is 89.9 Å². The van der Waals surface area contributed by atoms with Crippen molar-refractivity contribution in [3.63, 3.8) is 0 Å². The summed E-state index contributed by atoms with van der Waals surface area (Å²) in [4.78, 5) is 6.71. The van der Waals surface area contributed by atoms with Gasteiger partial charge in [0.2, 0.25) is 0 Å². The molecular weight excluding hydrogens is 781 g/mol. The topological polar surface area (TPSA) is 111 Å². The second-order valence-electron chi connectivity index (χ2n) is 24.4. The van der Waals surface area contributed by atoms with E-state index in [1.54, 1.807) is 0 Å². The standard InChI is InChI=1S/C49H113N8O5/c1-16-17-18-19-20-21-22-23-24-25-26-27-28-29-34-57(14,15)44-49(62)39-52(38-48(61)43-56(11,12)13)33-31-50(35-45(58)40-53(2,3)4)30-32-51(36-46(59)41-54(5,6)7)37-47(60)42-55(8,9)10/h45-49,58-62H,16-44H2,1-15H3/q+5. The quantitative estimate of drug-likeness (QED) is 0.0472. The molecule has 0 aromatic heterocycles. The molecule has 0 aliphatic carbocycles. The van der Waals surface area contributed by atoms with Gasteiger partial charge in [-0.3, -0.25) is 14.7 Å². The molecule has 0 heterocycles. The van der Waals surface area contributed by atoms with Gasteiger partial charge in [0.25, 0.3) is 0 Å². The monoisotopic (exact) mass is 894 g/mol. The Hall–Kier alpha value is -0.520. The SMILES string of the molecule is CCCCCCCCCCCCCCCC[N+](C)(C)CC(O)CN(CCN(CCN(CC(O)C[N+](C)(C)C)CC(O)C[N+](C)(C)C)CC(O)C[N+](C)(C)C)CC(O)C[N+](C)(C)C. The van der Waals surface area contributed by atoms with Crippen molar-refractivity contribution in [3.8, 4) is 0 Å². The summed E-state index contributed by atoms with van der Waals surface area (Å²) in [6.07, 6.45) is 16.2. The highest BCUT2D eigenvalue weighted by molar-refractivity contribution is 4.76. The minimum Gasteiger partial charge on any atom is -0.386 e. The van der Waals surface area contributed by atoms with Gasteiger partial charge < -0.3 is 47.9 Å². The average molecular weight is 894 g/mol. The molecule has 0 aliphatic heterocycles. The number of aliphatic hydroxyl groups is 5. The summed E-state index contributed by atoms with van der Waals surface area (Å²) >= 11 is 0. The number of unbranched alkanes of at least 4 members (excludes halogenated alkanes) is 13. The van der Waals surface area contributed by atoms with Crippen LogP contribution in [0.15, 0.2) is 0 Å². The number of quaternary nitrogens is 5. The van der Waals surface area contributed by atoms with Crippen molar-refractivity contribution in [2.45, 2.75) is 127 Å². The number of rotatable bonds is 41. The van der Waals surface area contributed by atoms with Crippen molar-refractivity contribution in [1.82, 2.24) is 14.7 Å². The van der Waals surface area contributed by atoms with Crippen LogP contribution < -0.4 is 0 Å². The molecule has 0 radical (unpaired) electrons. The first-order chi connectivity index (χ1) is 28.5. The van der Waals surface area contributed by atoms with Crippen LogP contribution in [0.4, 0.5) is 0 Å². The molecule has 5 unspecified atom stereocenters. The molecule has 0 saturated carbocycles. The summed E-state index contributed by atoms with van der Waals surface area (Å²) in [5.41, 5.74) is 0. The van der Waals surface area contributed by atoms with Crippen molar-refractivity contribution in [3.05, 3.63) is 0 Å². The maximum absolute atomic E-state index is 11.6. The molecule has 0 aromatic carbocycles. The Bertz CT molecular complexity index is 1050. The lowest BCUT2D eigenvalue weighted by Gasteiger charge is -2.37. The predicted molar refractivity (Wildman–Crippen MR) is 263 cm³/mol. The zero-order valence-corrected chi connectivity index (χ0v) is 44.2. The summed E-state index contributed by atoms with van der Waals surface area (Å²) in [7, 11) is 29.5. The van der Waals surface area contributed by atoms with Gasteiger partial charge in [0.1, 0.15) is 63.2 Å². The molecule has 13 heteroatoms. The Morgan fingerprint density at radius 1 is 0.306 bits per heavy atom. The molecule has 5 N–H and O–H groups in total. The van der Waals surface area contributed by atoms with Crippen LogP contribution >= 0.6 is 0 Å². The van der Waals surface area contributed by atoms with Gasteiger partial charge in [-0.1, -0.05) is 84.0 Å². The Morgan fingerprint density at radius 3 is 0.806 bits per heavy atom. The molecule has 0 aliphatic rings. The van der Waals surface area contributed by atoms with E-state index < -0.39 is 30.5 Å². The maximum Gasteiger partial charge on any atom is 0.115 e. The van der Waals surface area contributed by atoms with Crippen molar-refractivity contribution < 1.29 is 47.9 Å². The van der Waals surface area contributed by atoms with E-state index in [0.29, 0.717) is 110 Å². The number of likely N-dealkylation sites (N-methyl/N-ethyl adjacent to an activating group) is 5. The molecule has 0 rings (SSSR count). The maximum atomic E-state index is 11.6. The Balaban J connectivity index is 5.66. The Labute approximate surface area is 385 Å². The van der Waals surface area contributed by atoms with Gasteiger partial charge in [-0.2, -0.15) is 0 Å². The van der Waals surface area contributed by atoms with Gasteiger partial charge in [-0.15, -0.1) is 0 Å². The first kappa shape index (κ1) is 61.5. The highest BCUT2D eigenvalue weighted by Gasteiger charge is 2.28. The van der Waals surface area contributed by atoms with Crippen LogP contribution in [0.25, 0.3) is 0 Å². The average Bonchev–Trinajstić information content (AvgIpc) is 3.05. The fraction of sp³-hybridized carbons (Fsp3) is 1.00. The van der Waals surface area contributed by atoms with E-state index in [1.807, 2.05) is 0 Å². The molecule has 0 saturated heterocycles. The zero-order chi connectivity index (χ0) is 47.6. The summed E-state index contributed by atoms with van der Waals surface area (Å²) in [6, 6.07) is 0. The minimum atomic E-state index is -0.543. The van der Waals surface area contributed by atoms with E-state index in [9.17, 15) is 25.5 Å². The summed E-state index contributed by atoms with van der Waals surface area (Å²) in [5.74, 6) is 0. The van der Waals surface area contributed by atoms with Gasteiger partial charge in [0, 0.05) is 58.9 Å². The Morgan fingerprint density at radius 2 is 0.532 bits per heavy atom. The van der Waals surface area contributed by atoms with Crippen molar-refractivity contribution in [1.29, 1.82) is 0 Å². The highest BCUT2D eigenvalue weighted by atomic mass is 16.3. The van der Waals surface area contributed by atoms with Crippen LogP contribution in [0.5, 0.6) is 0 Å². The second-order valence-corrected chi connectivity index (χ2v) is 24.4. The van der Waals surface area contributed by atoms with Gasteiger partial charge in [0.05, 0.1) is 105 Å². The van der Waals surface area contributed by atoms with E-state index in [4.69, 9.17) is 0 Å². The third kappa shape index (κ3) is 39.8. The fourth-order valence-corrected chi connectivity index (χ4v) is 9.08. The molecule has 0 aromatic rings. The summed E-state index contributed by atoms with van der Waals surface area (Å²) in [6.45, 7) is 11.4. The summed E-state index contributed by atoms with van der Waals surface area (Å²) < 4.78 is 3.38. The largest absolute Gasteiger partial charge is 0.386 e. The molecule has 0 spiro atoms. The molecule has 13 nitrogen and oxygen atoms in total. The fourth-order valence-electron chi connectivity index (χ4n) is 9.08. The number of aliphatic hydroxyl groups excluding tert-OH is 5.